The summed E-state index contributed by atoms with van der Waals surface area (Å²) >= 11 is 3.48. The maximum Gasteiger partial charge on any atom is 0.323 e. The van der Waals surface area contributed by atoms with E-state index in [1.54, 1.807) is 6.92 Å². The second-order valence-electron chi connectivity index (χ2n) is 4.04. The van der Waals surface area contributed by atoms with Crippen LogP contribution in [0.1, 0.15) is 12.5 Å². The van der Waals surface area contributed by atoms with E-state index in [9.17, 15) is 4.79 Å². The molecule has 1 aromatic carbocycles. The van der Waals surface area contributed by atoms with E-state index in [-0.39, 0.29) is 5.97 Å². The molecule has 0 spiro atoms. The van der Waals surface area contributed by atoms with E-state index in [2.05, 4.69) is 20.9 Å². The van der Waals surface area contributed by atoms with Crippen LogP contribution in [0, 0.1) is 0 Å². The van der Waals surface area contributed by atoms with Crippen LogP contribution in [-0.2, 0) is 16.0 Å². The van der Waals surface area contributed by atoms with Gasteiger partial charge in [-0.3, -0.25) is 4.79 Å². The van der Waals surface area contributed by atoms with Crippen LogP contribution in [0.25, 0.3) is 10.9 Å². The van der Waals surface area contributed by atoms with Crippen LogP contribution in [0.15, 0.2) is 28.9 Å². The number of nitrogens with two attached hydrogens (primary N) is 1. The minimum atomic E-state index is -0.622. The van der Waals surface area contributed by atoms with Crippen LogP contribution in [0.5, 0.6) is 0 Å². The summed E-state index contributed by atoms with van der Waals surface area (Å²) in [5.41, 5.74) is 7.86. The molecule has 0 saturated heterocycles. The van der Waals surface area contributed by atoms with E-state index in [0.717, 1.165) is 20.9 Å². The van der Waals surface area contributed by atoms with Crippen LogP contribution in [-0.4, -0.2) is 23.6 Å². The third-order valence-electron chi connectivity index (χ3n) is 2.78. The van der Waals surface area contributed by atoms with E-state index in [1.807, 2.05) is 24.4 Å². The molecule has 0 fully saturated rings. The lowest BCUT2D eigenvalue weighted by atomic mass is 10.1. The first kappa shape index (κ1) is 13.1. The van der Waals surface area contributed by atoms with Gasteiger partial charge in [-0.15, -0.1) is 0 Å². The van der Waals surface area contributed by atoms with Crippen molar-refractivity contribution in [2.75, 3.05) is 6.61 Å². The molecule has 1 aromatic heterocycles. The zero-order valence-electron chi connectivity index (χ0n) is 10.1. The van der Waals surface area contributed by atoms with Crippen molar-refractivity contribution in [3.8, 4) is 0 Å². The Kier molecular flexibility index (Phi) is 4.04. The number of rotatable bonds is 4. The number of hydrogen-bond acceptors (Lipinski definition) is 3. The molecule has 0 aliphatic carbocycles. The van der Waals surface area contributed by atoms with Crippen LogP contribution in [0.4, 0.5) is 0 Å². The average Bonchev–Trinajstić information content (AvgIpc) is 2.74. The number of H-pyrrole nitrogens is 1. The molecule has 0 unspecified atom stereocenters. The number of carbonyl (C=O) groups is 1. The lowest BCUT2D eigenvalue weighted by Crippen LogP contribution is -2.34. The van der Waals surface area contributed by atoms with Crippen LogP contribution in [0.2, 0.25) is 0 Å². The molecular weight excluding hydrogens is 296 g/mol. The highest BCUT2D eigenvalue weighted by molar-refractivity contribution is 9.10. The minimum Gasteiger partial charge on any atom is -0.465 e. The van der Waals surface area contributed by atoms with Crippen molar-refractivity contribution in [2.45, 2.75) is 19.4 Å². The number of benzene rings is 1. The summed E-state index contributed by atoms with van der Waals surface area (Å²) in [5.74, 6) is -0.359. The Bertz CT molecular complexity index is 565. The molecule has 3 N–H and O–H groups in total. The number of halogens is 1. The molecule has 0 aliphatic rings. The van der Waals surface area contributed by atoms with Gasteiger partial charge < -0.3 is 15.5 Å². The highest BCUT2D eigenvalue weighted by Gasteiger charge is 2.17. The summed E-state index contributed by atoms with van der Waals surface area (Å²) in [6.07, 6.45) is 2.35. The van der Waals surface area contributed by atoms with Crippen LogP contribution < -0.4 is 5.73 Å². The fourth-order valence-electron chi connectivity index (χ4n) is 1.91. The maximum absolute atomic E-state index is 11.5. The van der Waals surface area contributed by atoms with E-state index in [0.29, 0.717) is 13.0 Å². The molecule has 4 nitrogen and oxygen atoms in total. The van der Waals surface area contributed by atoms with Crippen molar-refractivity contribution in [3.63, 3.8) is 0 Å². The van der Waals surface area contributed by atoms with Gasteiger partial charge in [-0.25, -0.2) is 0 Å². The number of fused-ring (bicyclic) bond motifs is 1. The van der Waals surface area contributed by atoms with Gasteiger partial charge >= 0.3 is 5.97 Å². The molecule has 5 heteroatoms. The third-order valence-corrected chi connectivity index (χ3v) is 3.44. The monoisotopic (exact) mass is 310 g/mol. The lowest BCUT2D eigenvalue weighted by molar-refractivity contribution is -0.144. The number of esters is 1. The van der Waals surface area contributed by atoms with E-state index < -0.39 is 6.04 Å². The van der Waals surface area contributed by atoms with Gasteiger partial charge in [0, 0.05) is 22.5 Å². The Morgan fingerprint density at radius 1 is 1.56 bits per heavy atom. The molecular formula is C13H15BrN2O2. The molecule has 0 amide bonds. The summed E-state index contributed by atoms with van der Waals surface area (Å²) < 4.78 is 5.90. The Hall–Kier alpha value is -1.33. The number of aromatic amines is 1. The average molecular weight is 311 g/mol. The number of aromatic nitrogens is 1. The molecule has 0 bridgehead atoms. The summed E-state index contributed by atoms with van der Waals surface area (Å²) in [5, 5.41) is 1.07. The first-order chi connectivity index (χ1) is 8.63. The standard InChI is InChI=1S/C13H15BrN2O2/c1-2-18-13(17)11(15)6-8-7-16-12-9(8)4-3-5-10(12)14/h3-5,7,11,16H,2,6,15H2,1H3/t11-/m0/s1. The predicted octanol–water partition coefficient (Wildman–Crippen LogP) is 2.36. The summed E-state index contributed by atoms with van der Waals surface area (Å²) in [6, 6.07) is 5.31. The summed E-state index contributed by atoms with van der Waals surface area (Å²) in [4.78, 5) is 14.7. The quantitative estimate of drug-likeness (QED) is 0.852. The van der Waals surface area contributed by atoms with Crippen molar-refractivity contribution in [2.24, 2.45) is 5.73 Å². The molecule has 0 saturated carbocycles. The Morgan fingerprint density at radius 2 is 2.33 bits per heavy atom. The van der Waals surface area contributed by atoms with Gasteiger partial charge in [0.2, 0.25) is 0 Å². The van der Waals surface area contributed by atoms with Crippen molar-refractivity contribution in [3.05, 3.63) is 34.4 Å². The van der Waals surface area contributed by atoms with Gasteiger partial charge in [0.05, 0.1) is 12.1 Å². The first-order valence-electron chi connectivity index (χ1n) is 5.80. The second-order valence-corrected chi connectivity index (χ2v) is 4.89. The third kappa shape index (κ3) is 2.57. The molecule has 2 aromatic rings. The van der Waals surface area contributed by atoms with Crippen LogP contribution >= 0.6 is 15.9 Å². The number of nitrogens with one attached hydrogen (secondary N) is 1. The lowest BCUT2D eigenvalue weighted by Gasteiger charge is -2.09. The second kappa shape index (κ2) is 5.54. The number of ether oxygens (including phenoxy) is 1. The minimum absolute atomic E-state index is 0.353. The zero-order valence-corrected chi connectivity index (χ0v) is 11.7. The van der Waals surface area contributed by atoms with Crippen LogP contribution in [0.3, 0.4) is 0 Å². The van der Waals surface area contributed by atoms with Gasteiger partial charge in [0.15, 0.2) is 0 Å². The molecule has 0 aliphatic heterocycles. The number of carbonyl (C=O) groups excluding carboxylic acids is 1. The molecule has 2 rings (SSSR count). The van der Waals surface area contributed by atoms with Crippen molar-refractivity contribution in [1.29, 1.82) is 0 Å². The van der Waals surface area contributed by atoms with E-state index in [1.165, 1.54) is 0 Å². The smallest absolute Gasteiger partial charge is 0.323 e. The van der Waals surface area contributed by atoms with Crippen molar-refractivity contribution in [1.82, 2.24) is 4.98 Å². The topological polar surface area (TPSA) is 68.1 Å². The van der Waals surface area contributed by atoms with Gasteiger partial charge in [0.25, 0.3) is 0 Å². The van der Waals surface area contributed by atoms with E-state index >= 15 is 0 Å². The maximum atomic E-state index is 11.5. The van der Waals surface area contributed by atoms with Crippen molar-refractivity contribution < 1.29 is 9.53 Å². The molecule has 96 valence electrons. The fraction of sp³-hybridized carbons (Fsp3) is 0.308. The Balaban J connectivity index is 2.22. The molecule has 1 heterocycles. The first-order valence-corrected chi connectivity index (χ1v) is 6.59. The summed E-state index contributed by atoms with van der Waals surface area (Å²) in [7, 11) is 0. The fourth-order valence-corrected chi connectivity index (χ4v) is 2.39. The highest BCUT2D eigenvalue weighted by Crippen LogP contribution is 2.26. The van der Waals surface area contributed by atoms with Gasteiger partial charge in [-0.2, -0.15) is 0 Å². The number of para-hydroxylation sites is 1. The highest BCUT2D eigenvalue weighted by atomic mass is 79.9. The number of hydrogen-bond donors (Lipinski definition) is 2. The van der Waals surface area contributed by atoms with Gasteiger partial charge in [-0.05, 0) is 34.5 Å². The zero-order chi connectivity index (χ0) is 13.1. The SMILES string of the molecule is CCOC(=O)[C@@H](N)Cc1c[nH]c2c(Br)cccc12. The van der Waals surface area contributed by atoms with Crippen molar-refractivity contribution >= 4 is 32.8 Å². The summed E-state index contributed by atoms with van der Waals surface area (Å²) in [6.45, 7) is 2.12. The molecule has 1 atom stereocenters. The van der Waals surface area contributed by atoms with E-state index in [4.69, 9.17) is 10.5 Å². The molecule has 18 heavy (non-hydrogen) atoms. The molecule has 0 radical (unpaired) electrons. The Labute approximate surface area is 114 Å². The van der Waals surface area contributed by atoms with Gasteiger partial charge in [0.1, 0.15) is 6.04 Å². The predicted molar refractivity (Wildman–Crippen MR) is 74.3 cm³/mol. The normalized spacial score (nSPS) is 12.6. The Morgan fingerprint density at radius 3 is 3.06 bits per heavy atom. The van der Waals surface area contributed by atoms with Gasteiger partial charge in [-0.1, -0.05) is 12.1 Å². The largest absolute Gasteiger partial charge is 0.465 e.